The van der Waals surface area contributed by atoms with Crippen LogP contribution in [0, 0.1) is 5.92 Å². The summed E-state index contributed by atoms with van der Waals surface area (Å²) in [5, 5.41) is 0. The molecule has 0 N–H and O–H groups in total. The van der Waals surface area contributed by atoms with Crippen LogP contribution in [0.15, 0.2) is 0 Å². The zero-order valence-electron chi connectivity index (χ0n) is 10.8. The van der Waals surface area contributed by atoms with Crippen LogP contribution < -0.4 is 0 Å². The summed E-state index contributed by atoms with van der Waals surface area (Å²) in [6, 6.07) is 0. The van der Waals surface area contributed by atoms with E-state index in [1.54, 1.807) is 0 Å². The highest BCUT2D eigenvalue weighted by Crippen LogP contribution is 2.33. The first-order valence-corrected chi connectivity index (χ1v) is 7.62. The van der Waals surface area contributed by atoms with Crippen LogP contribution in [0.4, 0.5) is 13.2 Å². The highest BCUT2D eigenvalue weighted by atomic mass is 32.2. The number of carbonyl (C=O) groups excluding carboxylic acids is 1. The van der Waals surface area contributed by atoms with Gasteiger partial charge in [-0.15, -0.1) is 0 Å². The number of rotatable bonds is 3. The quantitative estimate of drug-likeness (QED) is 0.770. The first-order chi connectivity index (χ1) is 8.51. The van der Waals surface area contributed by atoms with E-state index in [9.17, 15) is 26.4 Å². The van der Waals surface area contributed by atoms with Gasteiger partial charge in [-0.1, -0.05) is 0 Å². The first-order valence-electron chi connectivity index (χ1n) is 5.77. The van der Waals surface area contributed by atoms with Gasteiger partial charge in [-0.3, -0.25) is 4.79 Å². The van der Waals surface area contributed by atoms with Crippen LogP contribution in [0.5, 0.6) is 0 Å². The minimum Gasteiger partial charge on any atom is -0.341 e. The Labute approximate surface area is 110 Å². The van der Waals surface area contributed by atoms with Crippen molar-refractivity contribution in [3.05, 3.63) is 0 Å². The fourth-order valence-corrected chi connectivity index (χ4v) is 2.22. The van der Waals surface area contributed by atoms with Gasteiger partial charge in [0.1, 0.15) is 0 Å². The van der Waals surface area contributed by atoms with Crippen LogP contribution in [0.3, 0.4) is 0 Å². The lowest BCUT2D eigenvalue weighted by Gasteiger charge is -2.34. The molecule has 0 aromatic carbocycles. The Morgan fingerprint density at radius 3 is 2.47 bits per heavy atom. The predicted octanol–water partition coefficient (Wildman–Crippen LogP) is 0.679. The Hall–Kier alpha value is -0.830. The van der Waals surface area contributed by atoms with Gasteiger partial charge in [0.25, 0.3) is 0 Å². The average Bonchev–Trinajstić information content (AvgIpc) is 2.26. The normalized spacial score (nSPS) is 21.8. The molecule has 0 aliphatic carbocycles. The van der Waals surface area contributed by atoms with Crippen molar-refractivity contribution in [1.82, 2.24) is 9.21 Å². The largest absolute Gasteiger partial charge is 0.393 e. The standard InChI is InChI=1S/C10H17F3N2O3S/c1-14(19(2,17)18)7-9(16)15-5-3-4-8(6-15)10(11,12)13/h8H,3-7H2,1-2H3/t8-/m0/s1. The number of halogens is 3. The number of alkyl halides is 3. The number of hydrogen-bond donors (Lipinski definition) is 0. The van der Waals surface area contributed by atoms with E-state index in [1.165, 1.54) is 7.05 Å². The fourth-order valence-electron chi connectivity index (χ4n) is 1.88. The fraction of sp³-hybridized carbons (Fsp3) is 0.900. The molecule has 0 spiro atoms. The number of piperidine rings is 1. The minimum atomic E-state index is -4.32. The molecule has 9 heteroatoms. The van der Waals surface area contributed by atoms with Gasteiger partial charge in [0, 0.05) is 20.1 Å². The summed E-state index contributed by atoms with van der Waals surface area (Å²) in [5.74, 6) is -2.12. The molecule has 1 fully saturated rings. The van der Waals surface area contributed by atoms with E-state index >= 15 is 0 Å². The van der Waals surface area contributed by atoms with E-state index < -0.39 is 34.6 Å². The summed E-state index contributed by atoms with van der Waals surface area (Å²) in [7, 11) is -2.29. The molecule has 1 aliphatic heterocycles. The molecule has 0 radical (unpaired) electrons. The molecule has 0 aromatic rings. The zero-order chi connectivity index (χ0) is 14.8. The molecular weight excluding hydrogens is 285 g/mol. The van der Waals surface area contributed by atoms with E-state index in [4.69, 9.17) is 0 Å². The number of likely N-dealkylation sites (N-methyl/N-ethyl adjacent to an activating group) is 1. The second-order valence-corrected chi connectivity index (χ2v) is 6.83. The summed E-state index contributed by atoms with van der Waals surface area (Å²) in [6.07, 6.45) is -3.09. The van der Waals surface area contributed by atoms with E-state index in [0.29, 0.717) is 0 Å². The molecule has 19 heavy (non-hydrogen) atoms. The lowest BCUT2D eigenvalue weighted by molar-refractivity contribution is -0.188. The van der Waals surface area contributed by atoms with Crippen LogP contribution >= 0.6 is 0 Å². The zero-order valence-corrected chi connectivity index (χ0v) is 11.6. The Morgan fingerprint density at radius 1 is 1.42 bits per heavy atom. The molecule has 0 bridgehead atoms. The second-order valence-electron chi connectivity index (χ2n) is 4.74. The third-order valence-electron chi connectivity index (χ3n) is 3.16. The van der Waals surface area contributed by atoms with Gasteiger partial charge in [-0.25, -0.2) is 8.42 Å². The summed E-state index contributed by atoms with van der Waals surface area (Å²) in [4.78, 5) is 12.9. The summed E-state index contributed by atoms with van der Waals surface area (Å²) in [5.41, 5.74) is 0. The second kappa shape index (κ2) is 5.66. The summed E-state index contributed by atoms with van der Waals surface area (Å²) < 4.78 is 60.9. The van der Waals surface area contributed by atoms with Gasteiger partial charge in [0.15, 0.2) is 0 Å². The molecule has 1 amide bonds. The lowest BCUT2D eigenvalue weighted by Crippen LogP contribution is -2.48. The summed E-state index contributed by atoms with van der Waals surface area (Å²) >= 11 is 0. The molecule has 1 heterocycles. The number of amides is 1. The third kappa shape index (κ3) is 4.64. The molecule has 5 nitrogen and oxygen atoms in total. The first kappa shape index (κ1) is 16.2. The van der Waals surface area contributed by atoms with Crippen molar-refractivity contribution in [3.63, 3.8) is 0 Å². The van der Waals surface area contributed by atoms with Crippen LogP contribution in [0.25, 0.3) is 0 Å². The highest BCUT2D eigenvalue weighted by molar-refractivity contribution is 7.88. The van der Waals surface area contributed by atoms with Gasteiger partial charge in [-0.2, -0.15) is 17.5 Å². The van der Waals surface area contributed by atoms with Gasteiger partial charge in [0.05, 0.1) is 18.7 Å². The maximum atomic E-state index is 12.6. The van der Waals surface area contributed by atoms with Crippen molar-refractivity contribution < 1.29 is 26.4 Å². The molecule has 1 atom stereocenters. The smallest absolute Gasteiger partial charge is 0.341 e. The number of nitrogens with zero attached hydrogens (tertiary/aromatic N) is 2. The molecule has 0 saturated carbocycles. The molecule has 0 unspecified atom stereocenters. The Balaban J connectivity index is 2.63. The maximum Gasteiger partial charge on any atom is 0.393 e. The SMILES string of the molecule is CN(CC(=O)N1CCC[C@H](C(F)(F)F)C1)S(C)(=O)=O. The monoisotopic (exact) mass is 302 g/mol. The Bertz CT molecular complexity index is 436. The molecule has 1 saturated heterocycles. The summed E-state index contributed by atoms with van der Waals surface area (Å²) in [6.45, 7) is -0.577. The minimum absolute atomic E-state index is 0.00912. The number of hydrogen-bond acceptors (Lipinski definition) is 3. The lowest BCUT2D eigenvalue weighted by atomic mass is 9.97. The number of carbonyl (C=O) groups is 1. The van der Waals surface area contributed by atoms with Crippen molar-refractivity contribution in [1.29, 1.82) is 0 Å². The van der Waals surface area contributed by atoms with Crippen LogP contribution in [0.1, 0.15) is 12.8 Å². The van der Waals surface area contributed by atoms with Gasteiger partial charge in [0.2, 0.25) is 15.9 Å². The highest BCUT2D eigenvalue weighted by Gasteiger charge is 2.42. The van der Waals surface area contributed by atoms with Crippen molar-refractivity contribution in [2.75, 3.05) is 32.9 Å². The van der Waals surface area contributed by atoms with Crippen molar-refractivity contribution in [3.8, 4) is 0 Å². The van der Waals surface area contributed by atoms with Gasteiger partial charge >= 0.3 is 6.18 Å². The average molecular weight is 302 g/mol. The topological polar surface area (TPSA) is 57.7 Å². The Kier molecular flexibility index (Phi) is 4.83. The van der Waals surface area contributed by atoms with E-state index in [0.717, 1.165) is 15.5 Å². The maximum absolute atomic E-state index is 12.6. The van der Waals surface area contributed by atoms with Gasteiger partial charge < -0.3 is 4.90 Å². The van der Waals surface area contributed by atoms with E-state index in [1.807, 2.05) is 0 Å². The molecule has 112 valence electrons. The van der Waals surface area contributed by atoms with Crippen molar-refractivity contribution in [2.24, 2.45) is 5.92 Å². The van der Waals surface area contributed by atoms with E-state index in [2.05, 4.69) is 0 Å². The van der Waals surface area contributed by atoms with Crippen LogP contribution in [0.2, 0.25) is 0 Å². The van der Waals surface area contributed by atoms with E-state index in [-0.39, 0.29) is 25.9 Å². The number of sulfonamides is 1. The third-order valence-corrected chi connectivity index (χ3v) is 4.42. The van der Waals surface area contributed by atoms with Crippen molar-refractivity contribution >= 4 is 15.9 Å². The van der Waals surface area contributed by atoms with Gasteiger partial charge in [-0.05, 0) is 12.8 Å². The number of likely N-dealkylation sites (tertiary alicyclic amines) is 1. The van der Waals surface area contributed by atoms with Crippen LogP contribution in [-0.4, -0.2) is 62.6 Å². The van der Waals surface area contributed by atoms with Crippen LogP contribution in [-0.2, 0) is 14.8 Å². The predicted molar refractivity (Wildman–Crippen MR) is 62.8 cm³/mol. The molecule has 1 rings (SSSR count). The Morgan fingerprint density at radius 2 is 2.00 bits per heavy atom. The molecule has 0 aromatic heterocycles. The molecule has 1 aliphatic rings. The van der Waals surface area contributed by atoms with Crippen molar-refractivity contribution in [2.45, 2.75) is 19.0 Å². The molecular formula is C10H17F3N2O3S.